The Morgan fingerprint density at radius 1 is 1.32 bits per heavy atom. The average molecular weight is 326 g/mol. The van der Waals surface area contributed by atoms with Gasteiger partial charge in [0.05, 0.1) is 4.92 Å². The molecular weight excluding hydrogens is 312 g/mol. The van der Waals surface area contributed by atoms with Gasteiger partial charge in [-0.05, 0) is 30.6 Å². The van der Waals surface area contributed by atoms with Crippen molar-refractivity contribution in [2.75, 3.05) is 12.0 Å². The first-order valence-electron chi connectivity index (χ1n) is 6.18. The average Bonchev–Trinajstić information content (AvgIpc) is 2.50. The molecule has 9 heteroatoms. The molecule has 1 aromatic rings. The summed E-state index contributed by atoms with van der Waals surface area (Å²) in [6, 6.07) is 3.35. The van der Waals surface area contributed by atoms with Crippen molar-refractivity contribution in [1.82, 2.24) is 5.32 Å². The van der Waals surface area contributed by atoms with Crippen molar-refractivity contribution in [3.8, 4) is 0 Å². The molecule has 2 N–H and O–H groups in total. The van der Waals surface area contributed by atoms with Crippen LogP contribution < -0.4 is 5.32 Å². The number of Topliss-reactive ketones (excluding diaryl/α,β-unsaturated/α-hetero) is 1. The van der Waals surface area contributed by atoms with E-state index in [0.29, 0.717) is 5.75 Å². The van der Waals surface area contributed by atoms with Gasteiger partial charge in [0, 0.05) is 17.7 Å². The highest BCUT2D eigenvalue weighted by molar-refractivity contribution is 7.98. The first-order chi connectivity index (χ1) is 10.4. The van der Waals surface area contributed by atoms with Gasteiger partial charge >= 0.3 is 5.97 Å². The molecule has 1 aromatic carbocycles. The normalized spacial score (nSPS) is 11.5. The van der Waals surface area contributed by atoms with Gasteiger partial charge in [-0.25, -0.2) is 4.79 Å². The number of nitrogens with zero attached hydrogens (tertiary/aromatic N) is 1. The number of carbonyl (C=O) groups excluding carboxylic acids is 2. The third-order valence-electron chi connectivity index (χ3n) is 2.76. The van der Waals surface area contributed by atoms with Crippen molar-refractivity contribution in [2.45, 2.75) is 12.5 Å². The molecule has 8 nitrogen and oxygen atoms in total. The molecule has 1 rings (SSSR count). The lowest BCUT2D eigenvalue weighted by atomic mass is 10.1. The number of hydrogen-bond donors (Lipinski definition) is 2. The van der Waals surface area contributed by atoms with E-state index in [2.05, 4.69) is 5.32 Å². The minimum Gasteiger partial charge on any atom is -0.480 e. The topological polar surface area (TPSA) is 127 Å². The summed E-state index contributed by atoms with van der Waals surface area (Å²) < 4.78 is 0. The van der Waals surface area contributed by atoms with Crippen LogP contribution in [0, 0.1) is 10.1 Å². The van der Waals surface area contributed by atoms with Crippen LogP contribution in [0.5, 0.6) is 0 Å². The second-order valence-electron chi connectivity index (χ2n) is 4.28. The van der Waals surface area contributed by atoms with Crippen molar-refractivity contribution < 1.29 is 24.4 Å². The van der Waals surface area contributed by atoms with Gasteiger partial charge in [-0.2, -0.15) is 11.8 Å². The summed E-state index contributed by atoms with van der Waals surface area (Å²) in [4.78, 5) is 44.5. The van der Waals surface area contributed by atoms with Gasteiger partial charge in [-0.3, -0.25) is 19.7 Å². The number of ketones is 1. The lowest BCUT2D eigenvalue weighted by Crippen LogP contribution is -2.44. The number of carboxylic acids is 1. The Labute approximate surface area is 130 Å². The van der Waals surface area contributed by atoms with E-state index in [0.717, 1.165) is 24.3 Å². The molecule has 0 aliphatic rings. The predicted octanol–water partition coefficient (Wildman–Crippen LogP) is 1.10. The Kier molecular flexibility index (Phi) is 6.51. The van der Waals surface area contributed by atoms with Crippen LogP contribution in [0.1, 0.15) is 16.8 Å². The maximum absolute atomic E-state index is 11.9. The van der Waals surface area contributed by atoms with Gasteiger partial charge in [0.15, 0.2) is 0 Å². The summed E-state index contributed by atoms with van der Waals surface area (Å²) in [5.74, 6) is -2.70. The molecule has 118 valence electrons. The summed E-state index contributed by atoms with van der Waals surface area (Å²) in [7, 11) is 0. The van der Waals surface area contributed by atoms with E-state index in [4.69, 9.17) is 5.11 Å². The number of rotatable bonds is 8. The van der Waals surface area contributed by atoms with Gasteiger partial charge < -0.3 is 10.4 Å². The van der Waals surface area contributed by atoms with Gasteiger partial charge in [0.1, 0.15) is 6.04 Å². The standard InChI is InChI=1S/C13H14N2O6S/c1-22-7-6-10(13(18)19)14-12(17)11(16)8-2-4-9(5-3-8)15(20)21/h2-5,10H,6-7H2,1H3,(H,14,17)(H,18,19). The summed E-state index contributed by atoms with van der Waals surface area (Å²) in [5.41, 5.74) is -0.252. The number of non-ortho nitro benzene ring substituents is 1. The Balaban J connectivity index is 2.76. The van der Waals surface area contributed by atoms with Crippen LogP contribution in [0.4, 0.5) is 5.69 Å². The molecule has 0 bridgehead atoms. The molecule has 0 saturated carbocycles. The van der Waals surface area contributed by atoms with E-state index >= 15 is 0 Å². The highest BCUT2D eigenvalue weighted by atomic mass is 32.2. The minimum absolute atomic E-state index is 0.0443. The number of amides is 1. The molecule has 0 heterocycles. The van der Waals surface area contributed by atoms with Crippen molar-refractivity contribution >= 4 is 35.1 Å². The number of thioether (sulfide) groups is 1. The van der Waals surface area contributed by atoms with E-state index in [-0.39, 0.29) is 17.7 Å². The van der Waals surface area contributed by atoms with Crippen molar-refractivity contribution in [3.05, 3.63) is 39.9 Å². The third kappa shape index (κ3) is 4.85. The largest absolute Gasteiger partial charge is 0.480 e. The van der Waals surface area contributed by atoms with Crippen molar-refractivity contribution in [3.63, 3.8) is 0 Å². The zero-order valence-electron chi connectivity index (χ0n) is 11.6. The molecule has 22 heavy (non-hydrogen) atoms. The number of carboxylic acid groups (broad SMARTS) is 1. The Hall–Kier alpha value is -2.42. The molecule has 1 amide bonds. The second kappa shape index (κ2) is 8.13. The summed E-state index contributed by atoms with van der Waals surface area (Å²) in [6.45, 7) is 0. The molecular formula is C13H14N2O6S. The number of hydrogen-bond acceptors (Lipinski definition) is 6. The maximum Gasteiger partial charge on any atom is 0.326 e. The summed E-state index contributed by atoms with van der Waals surface area (Å²) in [5, 5.41) is 21.7. The van der Waals surface area contributed by atoms with Crippen LogP contribution in [-0.2, 0) is 9.59 Å². The molecule has 1 atom stereocenters. The van der Waals surface area contributed by atoms with Gasteiger partial charge in [0.25, 0.3) is 11.6 Å². The predicted molar refractivity (Wildman–Crippen MR) is 80.0 cm³/mol. The quantitative estimate of drug-likeness (QED) is 0.317. The van der Waals surface area contributed by atoms with Gasteiger partial charge in [-0.1, -0.05) is 0 Å². The fraction of sp³-hybridized carbons (Fsp3) is 0.308. The molecule has 0 aliphatic carbocycles. The van der Waals surface area contributed by atoms with Crippen LogP contribution in [-0.4, -0.2) is 45.7 Å². The lowest BCUT2D eigenvalue weighted by Gasteiger charge is -2.13. The maximum atomic E-state index is 11.9. The van der Waals surface area contributed by atoms with Crippen LogP contribution in [0.2, 0.25) is 0 Å². The zero-order valence-corrected chi connectivity index (χ0v) is 12.5. The Morgan fingerprint density at radius 3 is 2.36 bits per heavy atom. The molecule has 0 fully saturated rings. The molecule has 0 radical (unpaired) electrons. The van der Waals surface area contributed by atoms with Crippen LogP contribution >= 0.6 is 11.8 Å². The van der Waals surface area contributed by atoms with Crippen LogP contribution in [0.15, 0.2) is 24.3 Å². The van der Waals surface area contributed by atoms with E-state index in [1.54, 1.807) is 6.26 Å². The number of nitro groups is 1. The number of aliphatic carboxylic acids is 1. The SMILES string of the molecule is CSCCC(NC(=O)C(=O)c1ccc([N+](=O)[O-])cc1)C(=O)O. The van der Waals surface area contributed by atoms with Gasteiger partial charge in [-0.15, -0.1) is 0 Å². The first-order valence-corrected chi connectivity index (χ1v) is 7.57. The molecule has 0 aliphatic heterocycles. The van der Waals surface area contributed by atoms with E-state index < -0.39 is 28.6 Å². The highest BCUT2D eigenvalue weighted by Gasteiger charge is 2.24. The Bertz CT molecular complexity index is 587. The molecule has 0 saturated heterocycles. The molecule has 1 unspecified atom stereocenters. The lowest BCUT2D eigenvalue weighted by molar-refractivity contribution is -0.384. The smallest absolute Gasteiger partial charge is 0.326 e. The summed E-state index contributed by atoms with van der Waals surface area (Å²) >= 11 is 1.42. The minimum atomic E-state index is -1.22. The zero-order chi connectivity index (χ0) is 16.7. The van der Waals surface area contributed by atoms with Gasteiger partial charge in [0.2, 0.25) is 5.78 Å². The Morgan fingerprint density at radius 2 is 1.91 bits per heavy atom. The second-order valence-corrected chi connectivity index (χ2v) is 5.26. The molecule has 0 spiro atoms. The number of carbonyl (C=O) groups is 3. The van der Waals surface area contributed by atoms with Crippen molar-refractivity contribution in [1.29, 1.82) is 0 Å². The molecule has 0 aromatic heterocycles. The number of nitrogens with one attached hydrogen (secondary N) is 1. The first kappa shape index (κ1) is 17.6. The van der Waals surface area contributed by atoms with Crippen LogP contribution in [0.25, 0.3) is 0 Å². The van der Waals surface area contributed by atoms with E-state index in [1.165, 1.54) is 11.8 Å². The summed E-state index contributed by atoms with van der Waals surface area (Å²) in [6.07, 6.45) is 1.98. The fourth-order valence-corrected chi connectivity index (χ4v) is 2.05. The number of benzene rings is 1. The monoisotopic (exact) mass is 326 g/mol. The number of nitro benzene ring substituents is 1. The highest BCUT2D eigenvalue weighted by Crippen LogP contribution is 2.12. The van der Waals surface area contributed by atoms with E-state index in [1.807, 2.05) is 0 Å². The van der Waals surface area contributed by atoms with Crippen molar-refractivity contribution in [2.24, 2.45) is 0 Å². The fourth-order valence-electron chi connectivity index (χ4n) is 1.58. The van der Waals surface area contributed by atoms with E-state index in [9.17, 15) is 24.5 Å². The third-order valence-corrected chi connectivity index (χ3v) is 3.40. The van der Waals surface area contributed by atoms with Crippen LogP contribution in [0.3, 0.4) is 0 Å².